The molecule has 0 unspecified atom stereocenters. The van der Waals surface area contributed by atoms with Crippen molar-refractivity contribution in [1.82, 2.24) is 10.1 Å². The summed E-state index contributed by atoms with van der Waals surface area (Å²) in [6.45, 7) is 1.92. The van der Waals surface area contributed by atoms with Crippen LogP contribution in [0.4, 0.5) is 5.69 Å². The van der Waals surface area contributed by atoms with E-state index in [9.17, 15) is 4.79 Å². The van der Waals surface area contributed by atoms with Gasteiger partial charge in [0.1, 0.15) is 0 Å². The number of carbonyl (C=O) groups excluding carboxylic acids is 1. The molecule has 1 aliphatic heterocycles. The van der Waals surface area contributed by atoms with Crippen molar-refractivity contribution in [3.63, 3.8) is 0 Å². The Balaban J connectivity index is 1.50. The fourth-order valence-corrected chi connectivity index (χ4v) is 2.36. The topological polar surface area (TPSA) is 86.5 Å². The minimum atomic E-state index is -0.218. The lowest BCUT2D eigenvalue weighted by Gasteiger charge is -2.06. The maximum absolute atomic E-state index is 12.3. The van der Waals surface area contributed by atoms with E-state index in [2.05, 4.69) is 15.5 Å². The number of ether oxygens (including phenoxy) is 2. The lowest BCUT2D eigenvalue weighted by molar-refractivity contribution is 0.102. The van der Waals surface area contributed by atoms with Crippen molar-refractivity contribution >= 4 is 11.6 Å². The molecule has 1 aliphatic rings. The van der Waals surface area contributed by atoms with Crippen LogP contribution in [0, 0.1) is 6.92 Å². The molecule has 0 bridgehead atoms. The Morgan fingerprint density at radius 3 is 2.62 bits per heavy atom. The van der Waals surface area contributed by atoms with E-state index in [1.807, 2.05) is 0 Å². The zero-order valence-electron chi connectivity index (χ0n) is 12.8. The number of fused-ring (bicyclic) bond motifs is 1. The van der Waals surface area contributed by atoms with Crippen LogP contribution < -0.4 is 14.8 Å². The van der Waals surface area contributed by atoms with E-state index in [0.29, 0.717) is 34.5 Å². The van der Waals surface area contributed by atoms with Crippen LogP contribution in [-0.4, -0.2) is 22.8 Å². The third kappa shape index (κ3) is 2.67. The first kappa shape index (κ1) is 14.3. The maximum Gasteiger partial charge on any atom is 0.255 e. The first-order chi connectivity index (χ1) is 11.7. The van der Waals surface area contributed by atoms with Crippen molar-refractivity contribution in [3.8, 4) is 22.9 Å². The zero-order chi connectivity index (χ0) is 16.5. The highest BCUT2D eigenvalue weighted by molar-refractivity contribution is 6.04. The number of hydrogen-bond donors (Lipinski definition) is 1. The van der Waals surface area contributed by atoms with Gasteiger partial charge in [-0.2, -0.15) is 4.98 Å². The summed E-state index contributed by atoms with van der Waals surface area (Å²) in [5.41, 5.74) is 1.95. The molecular weight excluding hydrogens is 310 g/mol. The molecule has 1 aromatic heterocycles. The maximum atomic E-state index is 12.3. The van der Waals surface area contributed by atoms with Gasteiger partial charge < -0.3 is 19.3 Å². The fraction of sp³-hybridized carbons (Fsp3) is 0.118. The van der Waals surface area contributed by atoms with Crippen LogP contribution in [0.25, 0.3) is 11.4 Å². The number of aryl methyl sites for hydroxylation is 1. The van der Waals surface area contributed by atoms with Gasteiger partial charge in [-0.1, -0.05) is 17.3 Å². The number of rotatable bonds is 3. The monoisotopic (exact) mass is 323 g/mol. The Bertz CT molecular complexity index is 902. The Labute approximate surface area is 137 Å². The number of hydrogen-bond acceptors (Lipinski definition) is 6. The van der Waals surface area contributed by atoms with Crippen LogP contribution >= 0.6 is 0 Å². The third-order valence-electron chi connectivity index (χ3n) is 3.56. The molecule has 1 amide bonds. The predicted octanol–water partition coefficient (Wildman–Crippen LogP) is 3.03. The van der Waals surface area contributed by atoms with Gasteiger partial charge in [-0.25, -0.2) is 0 Å². The summed E-state index contributed by atoms with van der Waals surface area (Å²) in [4.78, 5) is 16.5. The second kappa shape index (κ2) is 5.69. The Morgan fingerprint density at radius 1 is 1.08 bits per heavy atom. The molecule has 3 aromatic rings. The van der Waals surface area contributed by atoms with Crippen LogP contribution in [0.1, 0.15) is 16.2 Å². The fourth-order valence-electron chi connectivity index (χ4n) is 2.36. The molecule has 0 fully saturated rings. The minimum absolute atomic E-state index is 0.198. The van der Waals surface area contributed by atoms with Crippen molar-refractivity contribution in [3.05, 3.63) is 53.9 Å². The SMILES string of the molecule is Cc1nc(-c2ccc(C(=O)Nc3ccc4c(c3)OCO4)cc2)no1. The lowest BCUT2D eigenvalue weighted by atomic mass is 10.1. The highest BCUT2D eigenvalue weighted by Crippen LogP contribution is 2.34. The molecule has 24 heavy (non-hydrogen) atoms. The molecule has 0 spiro atoms. The van der Waals surface area contributed by atoms with Gasteiger partial charge in [0.2, 0.25) is 18.5 Å². The van der Waals surface area contributed by atoms with Crippen LogP contribution in [0.15, 0.2) is 47.0 Å². The zero-order valence-corrected chi connectivity index (χ0v) is 12.8. The van der Waals surface area contributed by atoms with E-state index < -0.39 is 0 Å². The normalized spacial score (nSPS) is 12.2. The smallest absolute Gasteiger partial charge is 0.255 e. The van der Waals surface area contributed by atoms with Crippen molar-refractivity contribution in [2.24, 2.45) is 0 Å². The second-order valence-corrected chi connectivity index (χ2v) is 5.24. The summed E-state index contributed by atoms with van der Waals surface area (Å²) in [5.74, 6) is 2.07. The summed E-state index contributed by atoms with van der Waals surface area (Å²) in [6.07, 6.45) is 0. The van der Waals surface area contributed by atoms with Gasteiger partial charge in [-0.15, -0.1) is 0 Å². The molecule has 0 atom stereocenters. The van der Waals surface area contributed by atoms with Gasteiger partial charge in [-0.3, -0.25) is 4.79 Å². The largest absolute Gasteiger partial charge is 0.454 e. The number of carbonyl (C=O) groups is 1. The van der Waals surface area contributed by atoms with Crippen LogP contribution in [0.3, 0.4) is 0 Å². The molecule has 4 rings (SSSR count). The van der Waals surface area contributed by atoms with E-state index in [1.54, 1.807) is 49.4 Å². The Hall–Kier alpha value is -3.35. The number of amides is 1. The van der Waals surface area contributed by atoms with Crippen molar-refractivity contribution < 1.29 is 18.8 Å². The number of nitrogens with zero attached hydrogens (tertiary/aromatic N) is 2. The lowest BCUT2D eigenvalue weighted by Crippen LogP contribution is -2.11. The molecule has 0 saturated heterocycles. The average molecular weight is 323 g/mol. The van der Waals surface area contributed by atoms with Gasteiger partial charge in [0.05, 0.1) is 0 Å². The standard InChI is InChI=1S/C17H13N3O4/c1-10-18-16(20-24-10)11-2-4-12(5-3-11)17(21)19-13-6-7-14-15(8-13)23-9-22-14/h2-8H,9H2,1H3,(H,19,21). The molecular formula is C17H13N3O4. The van der Waals surface area contributed by atoms with E-state index in [-0.39, 0.29) is 12.7 Å². The van der Waals surface area contributed by atoms with Crippen molar-refractivity contribution in [1.29, 1.82) is 0 Å². The molecule has 0 saturated carbocycles. The molecule has 2 aromatic carbocycles. The summed E-state index contributed by atoms with van der Waals surface area (Å²) in [6, 6.07) is 12.2. The van der Waals surface area contributed by atoms with E-state index in [4.69, 9.17) is 14.0 Å². The van der Waals surface area contributed by atoms with Crippen LogP contribution in [0.5, 0.6) is 11.5 Å². The summed E-state index contributed by atoms with van der Waals surface area (Å²) in [5, 5.41) is 6.68. The van der Waals surface area contributed by atoms with Gasteiger partial charge in [0, 0.05) is 29.8 Å². The van der Waals surface area contributed by atoms with E-state index >= 15 is 0 Å². The van der Waals surface area contributed by atoms with Gasteiger partial charge >= 0.3 is 0 Å². The van der Waals surface area contributed by atoms with Gasteiger partial charge in [0.15, 0.2) is 11.5 Å². The molecule has 7 nitrogen and oxygen atoms in total. The molecule has 1 N–H and O–H groups in total. The highest BCUT2D eigenvalue weighted by atomic mass is 16.7. The summed E-state index contributed by atoms with van der Waals surface area (Å²) in [7, 11) is 0. The number of nitrogens with one attached hydrogen (secondary N) is 1. The third-order valence-corrected chi connectivity index (χ3v) is 3.56. The second-order valence-electron chi connectivity index (χ2n) is 5.24. The minimum Gasteiger partial charge on any atom is -0.454 e. The van der Waals surface area contributed by atoms with Crippen molar-refractivity contribution in [2.75, 3.05) is 12.1 Å². The predicted molar refractivity (Wildman–Crippen MR) is 85.0 cm³/mol. The van der Waals surface area contributed by atoms with Gasteiger partial charge in [0.25, 0.3) is 5.91 Å². The first-order valence-electron chi connectivity index (χ1n) is 7.31. The van der Waals surface area contributed by atoms with Crippen LogP contribution in [0.2, 0.25) is 0 Å². The molecule has 0 radical (unpaired) electrons. The summed E-state index contributed by atoms with van der Waals surface area (Å²) >= 11 is 0. The molecule has 120 valence electrons. The van der Waals surface area contributed by atoms with Gasteiger partial charge in [-0.05, 0) is 24.3 Å². The number of anilines is 1. The number of aromatic nitrogens is 2. The highest BCUT2D eigenvalue weighted by Gasteiger charge is 2.15. The number of benzene rings is 2. The molecule has 0 aliphatic carbocycles. The van der Waals surface area contributed by atoms with Crippen molar-refractivity contribution in [2.45, 2.75) is 6.92 Å². The molecule has 2 heterocycles. The first-order valence-corrected chi connectivity index (χ1v) is 7.31. The Morgan fingerprint density at radius 2 is 1.88 bits per heavy atom. The molecule has 7 heteroatoms. The quantitative estimate of drug-likeness (QED) is 0.797. The Kier molecular flexibility index (Phi) is 3.38. The summed E-state index contributed by atoms with van der Waals surface area (Å²) < 4.78 is 15.5. The van der Waals surface area contributed by atoms with Crippen LogP contribution in [-0.2, 0) is 0 Å². The van der Waals surface area contributed by atoms with E-state index in [0.717, 1.165) is 5.56 Å². The average Bonchev–Trinajstić information content (AvgIpc) is 3.23. The van der Waals surface area contributed by atoms with E-state index in [1.165, 1.54) is 0 Å².